The summed E-state index contributed by atoms with van der Waals surface area (Å²) in [5.74, 6) is 1.81. The average Bonchev–Trinajstić information content (AvgIpc) is 2.94. The highest BCUT2D eigenvalue weighted by molar-refractivity contribution is 5.92. The van der Waals surface area contributed by atoms with Crippen LogP contribution in [0.15, 0.2) is 0 Å². The predicted octanol–water partition coefficient (Wildman–Crippen LogP) is 2.93. The molecule has 4 rings (SSSR count). The lowest BCUT2D eigenvalue weighted by atomic mass is 9.92. The SMILES string of the molecule is CC(C)(C)CN1CCc2c(c(N3CCCCC3)nc3n[nH]c(N)c23)C1. The third kappa shape index (κ3) is 3.19. The van der Waals surface area contributed by atoms with Gasteiger partial charge in [-0.1, -0.05) is 20.8 Å². The first kappa shape index (κ1) is 16.6. The van der Waals surface area contributed by atoms with Crippen molar-refractivity contribution in [3.05, 3.63) is 11.1 Å². The van der Waals surface area contributed by atoms with Crippen LogP contribution in [0.25, 0.3) is 11.0 Å². The number of rotatable bonds is 2. The minimum Gasteiger partial charge on any atom is -0.384 e. The first-order valence-electron chi connectivity index (χ1n) is 9.55. The molecule has 0 bridgehead atoms. The number of piperidine rings is 1. The van der Waals surface area contributed by atoms with Gasteiger partial charge in [0.15, 0.2) is 5.65 Å². The van der Waals surface area contributed by atoms with Crippen molar-refractivity contribution in [1.82, 2.24) is 20.1 Å². The summed E-state index contributed by atoms with van der Waals surface area (Å²) in [6, 6.07) is 0. The maximum absolute atomic E-state index is 6.18. The summed E-state index contributed by atoms with van der Waals surface area (Å²) in [6.07, 6.45) is 4.85. The number of aromatic amines is 1. The molecule has 0 aromatic carbocycles. The largest absolute Gasteiger partial charge is 0.384 e. The monoisotopic (exact) mass is 342 g/mol. The molecule has 0 aliphatic carbocycles. The van der Waals surface area contributed by atoms with Gasteiger partial charge in [0.1, 0.15) is 11.6 Å². The zero-order chi connectivity index (χ0) is 17.6. The Balaban J connectivity index is 1.78. The zero-order valence-corrected chi connectivity index (χ0v) is 15.7. The molecule has 2 aliphatic rings. The van der Waals surface area contributed by atoms with Crippen molar-refractivity contribution >= 4 is 22.7 Å². The molecule has 6 heteroatoms. The Morgan fingerprint density at radius 3 is 2.56 bits per heavy atom. The highest BCUT2D eigenvalue weighted by atomic mass is 15.2. The second-order valence-corrected chi connectivity index (χ2v) is 8.80. The summed E-state index contributed by atoms with van der Waals surface area (Å²) in [5.41, 5.74) is 10.00. The standard InChI is InChI=1S/C19H30N6/c1-19(2,3)12-24-10-7-13-14(11-24)18(25-8-5-4-6-9-25)21-17-15(13)16(20)22-23-17/h4-12H2,1-3H3,(H3,20,21,22,23). The maximum atomic E-state index is 6.18. The summed E-state index contributed by atoms with van der Waals surface area (Å²) in [7, 11) is 0. The van der Waals surface area contributed by atoms with Gasteiger partial charge in [-0.15, -0.1) is 0 Å². The number of aromatic nitrogens is 3. The van der Waals surface area contributed by atoms with Gasteiger partial charge in [0.25, 0.3) is 0 Å². The topological polar surface area (TPSA) is 74.1 Å². The van der Waals surface area contributed by atoms with Crippen LogP contribution in [0.3, 0.4) is 0 Å². The fourth-order valence-electron chi connectivity index (χ4n) is 4.37. The van der Waals surface area contributed by atoms with E-state index in [1.807, 2.05) is 0 Å². The van der Waals surface area contributed by atoms with Crippen molar-refractivity contribution in [3.63, 3.8) is 0 Å². The quantitative estimate of drug-likeness (QED) is 0.878. The molecule has 0 amide bonds. The van der Waals surface area contributed by atoms with Crippen LogP contribution in [-0.2, 0) is 13.0 Å². The summed E-state index contributed by atoms with van der Waals surface area (Å²) >= 11 is 0. The molecule has 0 spiro atoms. The smallest absolute Gasteiger partial charge is 0.185 e. The van der Waals surface area contributed by atoms with E-state index in [-0.39, 0.29) is 0 Å². The van der Waals surface area contributed by atoms with Gasteiger partial charge in [-0.05, 0) is 36.7 Å². The molecule has 2 aromatic rings. The van der Waals surface area contributed by atoms with Gasteiger partial charge in [0.2, 0.25) is 0 Å². The van der Waals surface area contributed by atoms with Crippen molar-refractivity contribution in [1.29, 1.82) is 0 Å². The van der Waals surface area contributed by atoms with E-state index in [1.54, 1.807) is 0 Å². The van der Waals surface area contributed by atoms with E-state index >= 15 is 0 Å². The van der Waals surface area contributed by atoms with Gasteiger partial charge >= 0.3 is 0 Å². The molecule has 1 saturated heterocycles. The van der Waals surface area contributed by atoms with Gasteiger partial charge < -0.3 is 10.6 Å². The van der Waals surface area contributed by atoms with Gasteiger partial charge in [-0.25, -0.2) is 4.98 Å². The van der Waals surface area contributed by atoms with Crippen molar-refractivity contribution < 1.29 is 0 Å². The number of anilines is 2. The van der Waals surface area contributed by atoms with Crippen LogP contribution in [-0.4, -0.2) is 46.3 Å². The summed E-state index contributed by atoms with van der Waals surface area (Å²) in [4.78, 5) is 9.98. The van der Waals surface area contributed by atoms with E-state index in [2.05, 4.69) is 40.8 Å². The second-order valence-electron chi connectivity index (χ2n) is 8.80. The lowest BCUT2D eigenvalue weighted by molar-refractivity contribution is 0.177. The van der Waals surface area contributed by atoms with Crippen LogP contribution >= 0.6 is 0 Å². The van der Waals surface area contributed by atoms with Crippen LogP contribution < -0.4 is 10.6 Å². The Labute approximate surface area is 149 Å². The van der Waals surface area contributed by atoms with E-state index in [9.17, 15) is 0 Å². The average molecular weight is 342 g/mol. The molecule has 136 valence electrons. The molecule has 1 fully saturated rings. The van der Waals surface area contributed by atoms with Gasteiger partial charge in [-0.2, -0.15) is 5.10 Å². The Bertz CT molecular complexity index is 766. The molecule has 2 aromatic heterocycles. The van der Waals surface area contributed by atoms with Crippen molar-refractivity contribution in [3.8, 4) is 0 Å². The molecule has 3 N–H and O–H groups in total. The number of hydrogen-bond acceptors (Lipinski definition) is 5. The fraction of sp³-hybridized carbons (Fsp3) is 0.684. The molecular formula is C19H30N6. The molecular weight excluding hydrogens is 312 g/mol. The first-order chi connectivity index (χ1) is 11.9. The number of hydrogen-bond donors (Lipinski definition) is 2. The van der Waals surface area contributed by atoms with Crippen LogP contribution in [0.4, 0.5) is 11.6 Å². The lowest BCUT2D eigenvalue weighted by Gasteiger charge is -2.37. The Kier molecular flexibility index (Phi) is 4.10. The lowest BCUT2D eigenvalue weighted by Crippen LogP contribution is -2.39. The van der Waals surface area contributed by atoms with Crippen molar-refractivity contribution in [2.45, 2.75) is 53.0 Å². The normalized spacial score (nSPS) is 19.4. The number of pyridine rings is 1. The molecule has 25 heavy (non-hydrogen) atoms. The molecule has 6 nitrogen and oxygen atoms in total. The van der Waals surface area contributed by atoms with E-state index in [0.29, 0.717) is 11.2 Å². The van der Waals surface area contributed by atoms with E-state index < -0.39 is 0 Å². The Morgan fingerprint density at radius 1 is 1.08 bits per heavy atom. The summed E-state index contributed by atoms with van der Waals surface area (Å²) < 4.78 is 0. The van der Waals surface area contributed by atoms with E-state index in [0.717, 1.165) is 56.0 Å². The second kappa shape index (κ2) is 6.16. The third-order valence-electron chi connectivity index (χ3n) is 5.34. The van der Waals surface area contributed by atoms with Crippen LogP contribution in [0, 0.1) is 5.41 Å². The molecule has 0 saturated carbocycles. The van der Waals surface area contributed by atoms with Crippen molar-refractivity contribution in [2.24, 2.45) is 5.41 Å². The van der Waals surface area contributed by atoms with E-state index in [4.69, 9.17) is 10.7 Å². The number of nitrogens with two attached hydrogens (primary N) is 1. The first-order valence-corrected chi connectivity index (χ1v) is 9.55. The minimum absolute atomic E-state index is 0.301. The molecule has 0 radical (unpaired) electrons. The summed E-state index contributed by atoms with van der Waals surface area (Å²) in [5, 5.41) is 8.35. The van der Waals surface area contributed by atoms with Crippen molar-refractivity contribution in [2.75, 3.05) is 36.8 Å². The fourth-order valence-corrected chi connectivity index (χ4v) is 4.37. The highest BCUT2D eigenvalue weighted by Crippen LogP contribution is 2.36. The third-order valence-corrected chi connectivity index (χ3v) is 5.34. The van der Waals surface area contributed by atoms with Gasteiger partial charge in [-0.3, -0.25) is 10.00 Å². The Morgan fingerprint density at radius 2 is 1.84 bits per heavy atom. The maximum Gasteiger partial charge on any atom is 0.185 e. The number of nitrogens with one attached hydrogen (secondary N) is 1. The predicted molar refractivity (Wildman–Crippen MR) is 103 cm³/mol. The van der Waals surface area contributed by atoms with Gasteiger partial charge in [0, 0.05) is 38.3 Å². The van der Waals surface area contributed by atoms with Gasteiger partial charge in [0.05, 0.1) is 5.39 Å². The number of H-pyrrole nitrogens is 1. The van der Waals surface area contributed by atoms with E-state index in [1.165, 1.54) is 30.4 Å². The molecule has 0 unspecified atom stereocenters. The molecule has 2 aliphatic heterocycles. The minimum atomic E-state index is 0.301. The number of nitrogen functional groups attached to an aromatic ring is 1. The molecule has 4 heterocycles. The van der Waals surface area contributed by atoms with Crippen LogP contribution in [0.2, 0.25) is 0 Å². The van der Waals surface area contributed by atoms with Crippen LogP contribution in [0.1, 0.15) is 51.2 Å². The number of fused-ring (bicyclic) bond motifs is 3. The highest BCUT2D eigenvalue weighted by Gasteiger charge is 2.29. The number of nitrogens with zero attached hydrogens (tertiary/aromatic N) is 4. The Hall–Kier alpha value is -1.82. The van der Waals surface area contributed by atoms with Crippen LogP contribution in [0.5, 0.6) is 0 Å². The summed E-state index contributed by atoms with van der Waals surface area (Å²) in [6.45, 7) is 12.3. The zero-order valence-electron chi connectivity index (χ0n) is 15.7. The molecule has 0 atom stereocenters.